The lowest BCUT2D eigenvalue weighted by molar-refractivity contribution is 0.669. The minimum absolute atomic E-state index is 0.590. The van der Waals surface area contributed by atoms with E-state index in [-0.39, 0.29) is 0 Å². The lowest BCUT2D eigenvalue weighted by Gasteiger charge is -2.09. The molecule has 6 heteroatoms. The molecule has 0 aliphatic rings. The van der Waals surface area contributed by atoms with Crippen molar-refractivity contribution in [2.45, 2.75) is 0 Å². The third-order valence-electron chi connectivity index (χ3n) is 9.84. The monoisotopic (exact) mass is 654 g/mol. The second kappa shape index (κ2) is 10.7. The van der Waals surface area contributed by atoms with Crippen molar-refractivity contribution < 1.29 is 8.83 Å². The van der Waals surface area contributed by atoms with Gasteiger partial charge >= 0.3 is 0 Å². The number of rotatable bonds is 4. The average molecular weight is 655 g/mol. The number of furan rings is 2. The summed E-state index contributed by atoms with van der Waals surface area (Å²) >= 11 is 0. The predicted molar refractivity (Wildman–Crippen MR) is 205 cm³/mol. The first kappa shape index (κ1) is 27.9. The van der Waals surface area contributed by atoms with Gasteiger partial charge in [-0.05, 0) is 72.8 Å². The van der Waals surface area contributed by atoms with Crippen LogP contribution in [0.2, 0.25) is 0 Å². The average Bonchev–Trinajstić information content (AvgIpc) is 3.86. The molecule has 4 heterocycles. The second-order valence-corrected chi connectivity index (χ2v) is 12.8. The van der Waals surface area contributed by atoms with Gasteiger partial charge in [-0.2, -0.15) is 0 Å². The minimum Gasteiger partial charge on any atom is -0.456 e. The van der Waals surface area contributed by atoms with Gasteiger partial charge in [-0.1, -0.05) is 84.9 Å². The number of hydrogen-bond donors (Lipinski definition) is 0. The van der Waals surface area contributed by atoms with Gasteiger partial charge in [-0.25, -0.2) is 15.0 Å². The number of fused-ring (bicyclic) bond motifs is 9. The molecule has 7 aromatic carbocycles. The van der Waals surface area contributed by atoms with Gasteiger partial charge in [0.2, 0.25) is 0 Å². The van der Waals surface area contributed by atoms with Gasteiger partial charge in [0, 0.05) is 54.7 Å². The number of aromatic nitrogens is 4. The molecule has 0 bridgehead atoms. The zero-order valence-electron chi connectivity index (χ0n) is 27.1. The molecule has 0 aliphatic heterocycles. The van der Waals surface area contributed by atoms with E-state index >= 15 is 0 Å². The van der Waals surface area contributed by atoms with Crippen LogP contribution in [0.4, 0.5) is 0 Å². The predicted octanol–water partition coefficient (Wildman–Crippen LogP) is 11.8. The Morgan fingerprint density at radius 1 is 0.333 bits per heavy atom. The molecule has 6 nitrogen and oxygen atoms in total. The van der Waals surface area contributed by atoms with Gasteiger partial charge < -0.3 is 13.4 Å². The highest BCUT2D eigenvalue weighted by atomic mass is 16.3. The zero-order valence-corrected chi connectivity index (χ0v) is 27.1. The van der Waals surface area contributed by atoms with Crippen molar-refractivity contribution in [3.63, 3.8) is 0 Å². The van der Waals surface area contributed by atoms with Gasteiger partial charge in [0.25, 0.3) is 0 Å². The molecule has 0 amide bonds. The number of nitrogens with zero attached hydrogens (tertiary/aromatic N) is 4. The molecule has 0 saturated heterocycles. The molecular formula is C45H26N4O2. The molecule has 0 aliphatic carbocycles. The Hall–Kier alpha value is -7.05. The van der Waals surface area contributed by atoms with E-state index in [9.17, 15) is 0 Å². The van der Waals surface area contributed by atoms with Crippen LogP contribution in [0.1, 0.15) is 0 Å². The van der Waals surface area contributed by atoms with Crippen molar-refractivity contribution in [3.05, 3.63) is 158 Å². The maximum absolute atomic E-state index is 6.50. The van der Waals surface area contributed by atoms with Crippen LogP contribution in [0, 0.1) is 0 Å². The third-order valence-corrected chi connectivity index (χ3v) is 9.84. The molecule has 0 atom stereocenters. The van der Waals surface area contributed by atoms with E-state index in [0.29, 0.717) is 17.5 Å². The molecule has 0 spiro atoms. The van der Waals surface area contributed by atoms with E-state index in [2.05, 4.69) is 83.4 Å². The molecule has 238 valence electrons. The van der Waals surface area contributed by atoms with Crippen molar-refractivity contribution >= 4 is 65.7 Å². The number of hydrogen-bond acceptors (Lipinski definition) is 5. The van der Waals surface area contributed by atoms with Crippen LogP contribution in [-0.2, 0) is 0 Å². The van der Waals surface area contributed by atoms with Crippen molar-refractivity contribution in [2.24, 2.45) is 0 Å². The van der Waals surface area contributed by atoms with Crippen LogP contribution < -0.4 is 0 Å². The van der Waals surface area contributed by atoms with Gasteiger partial charge in [0.15, 0.2) is 17.5 Å². The Morgan fingerprint density at radius 2 is 0.863 bits per heavy atom. The Kier molecular flexibility index (Phi) is 5.86. The van der Waals surface area contributed by atoms with Crippen LogP contribution in [0.5, 0.6) is 0 Å². The zero-order chi connectivity index (χ0) is 33.5. The molecule has 51 heavy (non-hydrogen) atoms. The first-order chi connectivity index (χ1) is 25.2. The third kappa shape index (κ3) is 4.33. The quantitative estimate of drug-likeness (QED) is 0.189. The molecule has 0 radical (unpaired) electrons. The number of para-hydroxylation sites is 3. The van der Waals surface area contributed by atoms with E-state index < -0.39 is 0 Å². The maximum Gasteiger partial charge on any atom is 0.164 e. The molecule has 0 unspecified atom stereocenters. The summed E-state index contributed by atoms with van der Waals surface area (Å²) in [6, 6.07) is 53.9. The Balaban J connectivity index is 1.12. The van der Waals surface area contributed by atoms with Gasteiger partial charge in [0.05, 0.1) is 11.0 Å². The second-order valence-electron chi connectivity index (χ2n) is 12.8. The van der Waals surface area contributed by atoms with Crippen LogP contribution in [0.3, 0.4) is 0 Å². The van der Waals surface area contributed by atoms with E-state index in [1.165, 1.54) is 5.39 Å². The first-order valence-electron chi connectivity index (χ1n) is 16.9. The van der Waals surface area contributed by atoms with Crippen molar-refractivity contribution in [1.82, 2.24) is 19.5 Å². The standard InChI is InChI=1S/C45H26N4O2/c1-3-11-27(12-4-1)43-46-44(28-19-21-40-34(23-28)32-16-8-10-18-39(32)50-40)48-45(47-43)29-20-22-41-35(24-29)36-25-38-33(26-42(36)51-41)31-15-7-9-17-37(31)49(38)30-13-5-2-6-14-30/h1-26H. The summed E-state index contributed by atoms with van der Waals surface area (Å²) in [4.78, 5) is 15.1. The summed E-state index contributed by atoms with van der Waals surface area (Å²) in [5.74, 6) is 1.79. The smallest absolute Gasteiger partial charge is 0.164 e. The molecule has 0 N–H and O–H groups in total. The molecule has 4 aromatic heterocycles. The number of benzene rings is 7. The Labute approximate surface area is 290 Å². The SMILES string of the molecule is c1ccc(-c2nc(-c3ccc4oc5ccccc5c4c3)nc(-c3ccc4oc5cc6c7ccccc7n(-c7ccccc7)c6cc5c4c3)n2)cc1. The van der Waals surface area contributed by atoms with Crippen LogP contribution >= 0.6 is 0 Å². The largest absolute Gasteiger partial charge is 0.456 e. The van der Waals surface area contributed by atoms with E-state index in [4.69, 9.17) is 23.8 Å². The van der Waals surface area contributed by atoms with Crippen molar-refractivity contribution in [3.8, 4) is 39.9 Å². The van der Waals surface area contributed by atoms with Crippen molar-refractivity contribution in [2.75, 3.05) is 0 Å². The molecular weight excluding hydrogens is 629 g/mol. The molecule has 11 rings (SSSR count). The summed E-state index contributed by atoms with van der Waals surface area (Å²) < 4.78 is 14.9. The lowest BCUT2D eigenvalue weighted by atomic mass is 10.1. The Morgan fingerprint density at radius 3 is 1.59 bits per heavy atom. The van der Waals surface area contributed by atoms with Gasteiger partial charge in [0.1, 0.15) is 22.3 Å². The normalized spacial score (nSPS) is 11.9. The summed E-state index contributed by atoms with van der Waals surface area (Å²) in [5, 5.41) is 6.46. The fraction of sp³-hybridized carbons (Fsp3) is 0. The molecule has 11 aromatic rings. The fourth-order valence-electron chi connectivity index (χ4n) is 7.45. The summed E-state index contributed by atoms with van der Waals surface area (Å²) in [5.41, 5.74) is 9.42. The first-order valence-corrected chi connectivity index (χ1v) is 16.9. The van der Waals surface area contributed by atoms with E-state index in [0.717, 1.165) is 82.7 Å². The lowest BCUT2D eigenvalue weighted by Crippen LogP contribution is -2.00. The van der Waals surface area contributed by atoms with Crippen LogP contribution in [0.25, 0.3) is 106 Å². The van der Waals surface area contributed by atoms with Crippen molar-refractivity contribution in [1.29, 1.82) is 0 Å². The minimum atomic E-state index is 0.590. The summed E-state index contributed by atoms with van der Waals surface area (Å²) in [7, 11) is 0. The highest BCUT2D eigenvalue weighted by Gasteiger charge is 2.19. The van der Waals surface area contributed by atoms with Crippen LogP contribution in [0.15, 0.2) is 167 Å². The highest BCUT2D eigenvalue weighted by Crippen LogP contribution is 2.39. The fourth-order valence-corrected chi connectivity index (χ4v) is 7.45. The topological polar surface area (TPSA) is 69.9 Å². The molecule has 0 fully saturated rings. The van der Waals surface area contributed by atoms with E-state index in [1.54, 1.807) is 0 Å². The highest BCUT2D eigenvalue weighted by molar-refractivity contribution is 6.17. The van der Waals surface area contributed by atoms with Gasteiger partial charge in [-0.3, -0.25) is 0 Å². The van der Waals surface area contributed by atoms with Crippen LogP contribution in [-0.4, -0.2) is 19.5 Å². The summed E-state index contributed by atoms with van der Waals surface area (Å²) in [6.45, 7) is 0. The Bertz CT molecular complexity index is 3140. The van der Waals surface area contributed by atoms with Gasteiger partial charge in [-0.15, -0.1) is 0 Å². The molecule has 0 saturated carbocycles. The van der Waals surface area contributed by atoms with E-state index in [1.807, 2.05) is 78.9 Å². The summed E-state index contributed by atoms with van der Waals surface area (Å²) in [6.07, 6.45) is 0. The maximum atomic E-state index is 6.50.